The molecule has 0 aliphatic carbocycles. The molecular weight excluding hydrogens is 297 g/mol. The number of carbonyl (C=O) groups excluding carboxylic acids is 2. The zero-order valence-electron chi connectivity index (χ0n) is 13.9. The molecule has 126 valence electrons. The van der Waals surface area contributed by atoms with Crippen LogP contribution in [-0.2, 0) is 9.59 Å². The summed E-state index contributed by atoms with van der Waals surface area (Å²) in [5, 5.41) is 2.78. The minimum Gasteiger partial charge on any atom is -0.366 e. The molecule has 0 spiro atoms. The quantitative estimate of drug-likeness (QED) is 0.864. The van der Waals surface area contributed by atoms with Gasteiger partial charge in [-0.25, -0.2) is 4.39 Å². The molecule has 23 heavy (non-hydrogen) atoms. The van der Waals surface area contributed by atoms with Crippen LogP contribution in [0.4, 0.5) is 10.1 Å². The van der Waals surface area contributed by atoms with Crippen LogP contribution < -0.4 is 10.2 Å². The lowest BCUT2D eigenvalue weighted by Gasteiger charge is -2.36. The number of amides is 2. The Kier molecular flexibility index (Phi) is 5.23. The van der Waals surface area contributed by atoms with Gasteiger partial charge in [-0.05, 0) is 32.9 Å². The van der Waals surface area contributed by atoms with Crippen molar-refractivity contribution in [2.24, 2.45) is 0 Å². The third kappa shape index (κ3) is 4.94. The highest BCUT2D eigenvalue weighted by Gasteiger charge is 2.25. The monoisotopic (exact) mass is 321 g/mol. The number of piperazine rings is 1. The van der Waals surface area contributed by atoms with E-state index in [0.717, 1.165) is 0 Å². The average Bonchev–Trinajstić information content (AvgIpc) is 2.46. The van der Waals surface area contributed by atoms with Gasteiger partial charge in [-0.1, -0.05) is 12.1 Å². The first-order chi connectivity index (χ1) is 10.8. The zero-order chi connectivity index (χ0) is 17.0. The molecule has 0 bridgehead atoms. The van der Waals surface area contributed by atoms with E-state index in [-0.39, 0.29) is 29.6 Å². The number of benzene rings is 1. The molecule has 0 radical (unpaired) electrons. The molecule has 2 rings (SSSR count). The van der Waals surface area contributed by atoms with Crippen LogP contribution in [0.1, 0.15) is 27.2 Å². The van der Waals surface area contributed by atoms with E-state index in [1.54, 1.807) is 23.1 Å². The van der Waals surface area contributed by atoms with Gasteiger partial charge in [-0.2, -0.15) is 0 Å². The maximum Gasteiger partial charge on any atom is 0.232 e. The molecule has 0 unspecified atom stereocenters. The van der Waals surface area contributed by atoms with Gasteiger partial charge >= 0.3 is 0 Å². The summed E-state index contributed by atoms with van der Waals surface area (Å²) in [5.41, 5.74) is 0.214. The van der Waals surface area contributed by atoms with Gasteiger partial charge in [0.05, 0.1) is 5.69 Å². The van der Waals surface area contributed by atoms with Gasteiger partial charge in [0.1, 0.15) is 12.2 Å². The van der Waals surface area contributed by atoms with Crippen LogP contribution in [0.2, 0.25) is 0 Å². The number of carbonyl (C=O) groups is 2. The van der Waals surface area contributed by atoms with Crippen LogP contribution in [0.3, 0.4) is 0 Å². The Labute approximate surface area is 136 Å². The Hall–Kier alpha value is -2.11. The van der Waals surface area contributed by atoms with Crippen molar-refractivity contribution < 1.29 is 14.0 Å². The van der Waals surface area contributed by atoms with Crippen LogP contribution in [0, 0.1) is 5.82 Å². The van der Waals surface area contributed by atoms with Crippen LogP contribution in [0.5, 0.6) is 0 Å². The van der Waals surface area contributed by atoms with E-state index in [2.05, 4.69) is 5.32 Å². The molecule has 5 nitrogen and oxygen atoms in total. The van der Waals surface area contributed by atoms with E-state index in [1.807, 2.05) is 25.7 Å². The standard InChI is InChI=1S/C17H24FN3O2/c1-17(2,3)19-15(22)12-16(23)21-10-8-20(9-11-21)14-7-5-4-6-13(14)18/h4-7H,8-12H2,1-3H3,(H,19,22). The molecule has 0 saturated carbocycles. The van der Waals surface area contributed by atoms with Crippen LogP contribution >= 0.6 is 0 Å². The zero-order valence-corrected chi connectivity index (χ0v) is 13.9. The van der Waals surface area contributed by atoms with Crippen molar-refractivity contribution >= 4 is 17.5 Å². The molecule has 0 atom stereocenters. The van der Waals surface area contributed by atoms with Crippen molar-refractivity contribution in [3.05, 3.63) is 30.1 Å². The summed E-state index contributed by atoms with van der Waals surface area (Å²) in [7, 11) is 0. The summed E-state index contributed by atoms with van der Waals surface area (Å²) in [5.74, 6) is -0.698. The van der Waals surface area contributed by atoms with Gasteiger partial charge in [0, 0.05) is 31.7 Å². The van der Waals surface area contributed by atoms with E-state index < -0.39 is 0 Å². The summed E-state index contributed by atoms with van der Waals surface area (Å²) in [6.45, 7) is 7.75. The highest BCUT2D eigenvalue weighted by molar-refractivity contribution is 5.97. The van der Waals surface area contributed by atoms with Crippen molar-refractivity contribution in [1.29, 1.82) is 0 Å². The van der Waals surface area contributed by atoms with Crippen molar-refractivity contribution in [3.63, 3.8) is 0 Å². The third-order valence-electron chi connectivity index (χ3n) is 3.65. The normalized spacial score (nSPS) is 15.5. The summed E-state index contributed by atoms with van der Waals surface area (Å²) in [6.07, 6.45) is -0.142. The van der Waals surface area contributed by atoms with E-state index >= 15 is 0 Å². The molecule has 1 heterocycles. The molecule has 1 fully saturated rings. The highest BCUT2D eigenvalue weighted by Crippen LogP contribution is 2.20. The summed E-state index contributed by atoms with van der Waals surface area (Å²) in [4.78, 5) is 27.6. The molecular formula is C17H24FN3O2. The second kappa shape index (κ2) is 6.98. The van der Waals surface area contributed by atoms with Gasteiger partial charge in [-0.3, -0.25) is 9.59 Å². The van der Waals surface area contributed by atoms with Crippen LogP contribution in [0.25, 0.3) is 0 Å². The molecule has 1 aromatic carbocycles. The van der Waals surface area contributed by atoms with Crippen molar-refractivity contribution in [2.75, 3.05) is 31.1 Å². The Bertz CT molecular complexity index is 575. The van der Waals surface area contributed by atoms with E-state index in [0.29, 0.717) is 31.9 Å². The van der Waals surface area contributed by atoms with Gasteiger partial charge < -0.3 is 15.1 Å². The molecule has 2 amide bonds. The van der Waals surface area contributed by atoms with Gasteiger partial charge in [0.2, 0.25) is 11.8 Å². The lowest BCUT2D eigenvalue weighted by Crippen LogP contribution is -2.50. The fraction of sp³-hybridized carbons (Fsp3) is 0.529. The number of hydrogen-bond donors (Lipinski definition) is 1. The third-order valence-corrected chi connectivity index (χ3v) is 3.65. The number of nitrogens with one attached hydrogen (secondary N) is 1. The Morgan fingerprint density at radius 1 is 1.13 bits per heavy atom. The predicted molar refractivity (Wildman–Crippen MR) is 87.7 cm³/mol. The number of halogens is 1. The van der Waals surface area contributed by atoms with Crippen molar-refractivity contribution in [3.8, 4) is 0 Å². The highest BCUT2D eigenvalue weighted by atomic mass is 19.1. The van der Waals surface area contributed by atoms with Gasteiger partial charge in [0.25, 0.3) is 0 Å². The van der Waals surface area contributed by atoms with Crippen molar-refractivity contribution in [2.45, 2.75) is 32.7 Å². The minimum absolute atomic E-state index is 0.142. The van der Waals surface area contributed by atoms with E-state index in [4.69, 9.17) is 0 Å². The van der Waals surface area contributed by atoms with E-state index in [9.17, 15) is 14.0 Å². The lowest BCUT2D eigenvalue weighted by atomic mass is 10.1. The molecule has 6 heteroatoms. The molecule has 0 aromatic heterocycles. The second-order valence-electron chi connectivity index (χ2n) is 6.79. The average molecular weight is 321 g/mol. The largest absolute Gasteiger partial charge is 0.366 e. The first-order valence-corrected chi connectivity index (χ1v) is 7.84. The number of rotatable bonds is 3. The smallest absolute Gasteiger partial charge is 0.232 e. The molecule has 1 aliphatic rings. The van der Waals surface area contributed by atoms with Gasteiger partial charge in [0.15, 0.2) is 0 Å². The van der Waals surface area contributed by atoms with E-state index in [1.165, 1.54) is 6.07 Å². The molecule has 1 saturated heterocycles. The Balaban J connectivity index is 1.86. The lowest BCUT2D eigenvalue weighted by molar-refractivity contribution is -0.136. The fourth-order valence-corrected chi connectivity index (χ4v) is 2.62. The Morgan fingerprint density at radius 3 is 2.30 bits per heavy atom. The molecule has 1 aromatic rings. The first-order valence-electron chi connectivity index (χ1n) is 7.84. The Morgan fingerprint density at radius 2 is 1.74 bits per heavy atom. The SMILES string of the molecule is CC(C)(C)NC(=O)CC(=O)N1CCN(c2ccccc2F)CC1. The summed E-state index contributed by atoms with van der Waals surface area (Å²) in [6, 6.07) is 6.63. The van der Waals surface area contributed by atoms with Crippen molar-refractivity contribution in [1.82, 2.24) is 10.2 Å². The number of para-hydroxylation sites is 1. The number of hydrogen-bond acceptors (Lipinski definition) is 3. The fourth-order valence-electron chi connectivity index (χ4n) is 2.62. The summed E-state index contributed by atoms with van der Waals surface area (Å²) >= 11 is 0. The van der Waals surface area contributed by atoms with Gasteiger partial charge in [-0.15, -0.1) is 0 Å². The van der Waals surface area contributed by atoms with Crippen LogP contribution in [0.15, 0.2) is 24.3 Å². The first kappa shape index (κ1) is 17.2. The maximum absolute atomic E-state index is 13.8. The second-order valence-corrected chi connectivity index (χ2v) is 6.79. The molecule has 1 N–H and O–H groups in total. The number of nitrogens with zero attached hydrogens (tertiary/aromatic N) is 2. The minimum atomic E-state index is -0.346. The van der Waals surface area contributed by atoms with Crippen LogP contribution in [-0.4, -0.2) is 48.4 Å². The number of anilines is 1. The molecule has 1 aliphatic heterocycles. The predicted octanol–water partition coefficient (Wildman–Crippen LogP) is 1.78. The summed E-state index contributed by atoms with van der Waals surface area (Å²) < 4.78 is 13.8. The topological polar surface area (TPSA) is 52.7 Å². The maximum atomic E-state index is 13.8.